The van der Waals surface area contributed by atoms with Gasteiger partial charge in [-0.05, 0) is 71.4 Å². The maximum absolute atomic E-state index is 13.5. The first-order chi connectivity index (χ1) is 19.1. The van der Waals surface area contributed by atoms with Crippen molar-refractivity contribution >= 4 is 68.9 Å². The molecule has 39 heavy (non-hydrogen) atoms. The second kappa shape index (κ2) is 12.8. The highest BCUT2D eigenvalue weighted by Gasteiger charge is 2.28. The van der Waals surface area contributed by atoms with Gasteiger partial charge in [0.1, 0.15) is 6.29 Å². The van der Waals surface area contributed by atoms with Crippen LogP contribution in [0.5, 0.6) is 0 Å². The first-order valence-electron chi connectivity index (χ1n) is 12.9. The van der Waals surface area contributed by atoms with Crippen LogP contribution in [0, 0.1) is 5.92 Å². The summed E-state index contributed by atoms with van der Waals surface area (Å²) in [6.07, 6.45) is 3.77. The fraction of sp³-hybridized carbons (Fsp3) is 0.357. The van der Waals surface area contributed by atoms with Crippen LogP contribution in [-0.2, 0) is 20.7 Å². The molecule has 4 aromatic rings. The normalized spacial score (nSPS) is 16.0. The molecular formula is C28H30ClN5O4S. The number of aromatic nitrogens is 2. The third-order valence-corrected chi connectivity index (χ3v) is 8.26. The Morgan fingerprint density at radius 3 is 2.90 bits per heavy atom. The minimum absolute atomic E-state index is 0.0208. The van der Waals surface area contributed by atoms with Crippen LogP contribution >= 0.6 is 23.5 Å². The average Bonchev–Trinajstić information content (AvgIpc) is 3.45. The molecule has 2 heterocycles. The first-order valence-corrected chi connectivity index (χ1v) is 14.1. The van der Waals surface area contributed by atoms with Crippen LogP contribution < -0.4 is 10.6 Å². The lowest BCUT2D eigenvalue weighted by Gasteiger charge is -2.31. The summed E-state index contributed by atoms with van der Waals surface area (Å²) < 4.78 is 12.2. The van der Waals surface area contributed by atoms with Crippen molar-refractivity contribution in [2.45, 2.75) is 30.6 Å². The molecular weight excluding hydrogens is 538 g/mol. The molecule has 1 amide bonds. The van der Waals surface area contributed by atoms with Crippen LogP contribution in [0.2, 0.25) is 5.02 Å². The highest BCUT2D eigenvalue weighted by Crippen LogP contribution is 2.36. The van der Waals surface area contributed by atoms with Gasteiger partial charge in [-0.2, -0.15) is 0 Å². The molecule has 5 rings (SSSR count). The van der Waals surface area contributed by atoms with E-state index in [1.165, 1.54) is 11.9 Å². The minimum Gasteiger partial charge on any atom is -0.385 e. The summed E-state index contributed by atoms with van der Waals surface area (Å²) in [5, 5.41) is 16.9. The Morgan fingerprint density at radius 2 is 2.05 bits per heavy atom. The SMILES string of the molecule is COCCCNc1ccc(NC(=O)C2CCCN(Sc3ccc(Cl)c4nonc34)C2)c2cccc(CC=O)c12. The molecule has 0 radical (unpaired) electrons. The van der Waals surface area contributed by atoms with Gasteiger partial charge in [0.15, 0.2) is 11.0 Å². The number of methoxy groups -OCH3 is 1. The van der Waals surface area contributed by atoms with Crippen LogP contribution in [0.25, 0.3) is 21.8 Å². The van der Waals surface area contributed by atoms with E-state index in [2.05, 4.69) is 25.3 Å². The number of amides is 1. The zero-order chi connectivity index (χ0) is 27.2. The Morgan fingerprint density at radius 1 is 1.21 bits per heavy atom. The van der Waals surface area contributed by atoms with Crippen molar-refractivity contribution in [3.8, 4) is 0 Å². The lowest BCUT2D eigenvalue weighted by Crippen LogP contribution is -2.37. The van der Waals surface area contributed by atoms with E-state index in [-0.39, 0.29) is 11.8 Å². The monoisotopic (exact) mass is 567 g/mol. The molecule has 1 atom stereocenters. The summed E-state index contributed by atoms with van der Waals surface area (Å²) in [7, 11) is 1.68. The largest absolute Gasteiger partial charge is 0.385 e. The molecule has 1 aromatic heterocycles. The predicted octanol–water partition coefficient (Wildman–Crippen LogP) is 5.58. The summed E-state index contributed by atoms with van der Waals surface area (Å²) in [5.74, 6) is -0.197. The highest BCUT2D eigenvalue weighted by molar-refractivity contribution is 7.97. The van der Waals surface area contributed by atoms with E-state index in [1.54, 1.807) is 13.2 Å². The standard InChI is InChI=1S/C28H30ClN5O4S/c1-37-16-4-13-30-23-10-9-22(20-7-2-5-18(12-15-35)25(20)23)31-28(36)19-6-3-14-34(17-19)39-24-11-8-21(29)26-27(24)33-38-32-26/h2,5,7-11,15,19,30H,3-4,6,12-14,16-17H2,1H3,(H,31,36). The van der Waals surface area contributed by atoms with Gasteiger partial charge in [-0.15, -0.1) is 0 Å². The van der Waals surface area contributed by atoms with Crippen molar-refractivity contribution in [3.05, 3.63) is 53.1 Å². The number of carbonyl (C=O) groups excluding carboxylic acids is 2. The lowest BCUT2D eigenvalue weighted by molar-refractivity contribution is -0.120. The smallest absolute Gasteiger partial charge is 0.228 e. The average molecular weight is 568 g/mol. The predicted molar refractivity (Wildman–Crippen MR) is 154 cm³/mol. The van der Waals surface area contributed by atoms with E-state index in [0.717, 1.165) is 71.2 Å². The summed E-state index contributed by atoms with van der Waals surface area (Å²) >= 11 is 7.75. The number of fused-ring (bicyclic) bond motifs is 2. The van der Waals surface area contributed by atoms with Crippen molar-refractivity contribution in [3.63, 3.8) is 0 Å². The second-order valence-corrected chi connectivity index (χ2v) is 11.0. The molecule has 2 N–H and O–H groups in total. The Balaban J connectivity index is 1.33. The quantitative estimate of drug-likeness (QED) is 0.136. The Labute approximate surface area is 235 Å². The summed E-state index contributed by atoms with van der Waals surface area (Å²) in [6, 6.07) is 13.5. The minimum atomic E-state index is -0.176. The fourth-order valence-corrected chi connectivity index (χ4v) is 6.23. The molecule has 204 valence electrons. The van der Waals surface area contributed by atoms with Crippen molar-refractivity contribution < 1.29 is 19.0 Å². The molecule has 1 fully saturated rings. The zero-order valence-corrected chi connectivity index (χ0v) is 23.2. The van der Waals surface area contributed by atoms with Crippen LogP contribution in [0.15, 0.2) is 52.0 Å². The van der Waals surface area contributed by atoms with E-state index < -0.39 is 0 Å². The molecule has 1 aliphatic rings. The topological polar surface area (TPSA) is 110 Å². The number of nitrogens with one attached hydrogen (secondary N) is 2. The number of aldehydes is 1. The molecule has 1 unspecified atom stereocenters. The van der Waals surface area contributed by atoms with Gasteiger partial charge in [-0.25, -0.2) is 8.93 Å². The first kappa shape index (κ1) is 27.4. The molecule has 3 aromatic carbocycles. The molecule has 0 aliphatic carbocycles. The van der Waals surface area contributed by atoms with Crippen molar-refractivity contribution in [1.82, 2.24) is 14.6 Å². The van der Waals surface area contributed by atoms with Crippen LogP contribution in [0.4, 0.5) is 11.4 Å². The maximum atomic E-state index is 13.5. The van der Waals surface area contributed by atoms with Crippen LogP contribution in [0.1, 0.15) is 24.8 Å². The summed E-state index contributed by atoms with van der Waals surface area (Å²) in [6.45, 7) is 2.85. The van der Waals surface area contributed by atoms with Crippen molar-refractivity contribution in [2.24, 2.45) is 5.92 Å². The molecule has 0 bridgehead atoms. The zero-order valence-electron chi connectivity index (χ0n) is 21.6. The van der Waals surface area contributed by atoms with Gasteiger partial charge >= 0.3 is 0 Å². The molecule has 9 nitrogen and oxygen atoms in total. The number of rotatable bonds is 11. The molecule has 0 spiro atoms. The number of piperidine rings is 1. The Bertz CT molecular complexity index is 1480. The van der Waals surface area contributed by atoms with E-state index in [9.17, 15) is 9.59 Å². The number of hydrogen-bond acceptors (Lipinski definition) is 9. The van der Waals surface area contributed by atoms with Crippen LogP contribution in [0.3, 0.4) is 0 Å². The van der Waals surface area contributed by atoms with E-state index in [1.807, 2.05) is 36.4 Å². The van der Waals surface area contributed by atoms with E-state index in [4.69, 9.17) is 21.0 Å². The van der Waals surface area contributed by atoms with Gasteiger partial charge in [0.2, 0.25) is 5.91 Å². The van der Waals surface area contributed by atoms with Gasteiger partial charge in [0, 0.05) is 61.9 Å². The lowest BCUT2D eigenvalue weighted by atomic mass is 9.97. The van der Waals surface area contributed by atoms with E-state index >= 15 is 0 Å². The third-order valence-electron chi connectivity index (χ3n) is 6.84. The second-order valence-electron chi connectivity index (χ2n) is 9.46. The number of ether oxygens (including phenoxy) is 1. The molecule has 1 saturated heterocycles. The summed E-state index contributed by atoms with van der Waals surface area (Å²) in [4.78, 5) is 25.8. The van der Waals surface area contributed by atoms with Crippen molar-refractivity contribution in [1.29, 1.82) is 0 Å². The highest BCUT2D eigenvalue weighted by atomic mass is 35.5. The number of benzene rings is 3. The number of anilines is 2. The van der Waals surface area contributed by atoms with E-state index in [0.29, 0.717) is 35.6 Å². The Hall–Kier alpha value is -3.18. The molecule has 1 aliphatic heterocycles. The Kier molecular flexibility index (Phi) is 8.98. The molecule has 0 saturated carbocycles. The van der Waals surface area contributed by atoms with Crippen molar-refractivity contribution in [2.75, 3.05) is 44.0 Å². The van der Waals surface area contributed by atoms with Crippen LogP contribution in [-0.4, -0.2) is 60.2 Å². The number of hydrogen-bond donors (Lipinski definition) is 2. The number of nitrogens with zero attached hydrogens (tertiary/aromatic N) is 3. The van der Waals surface area contributed by atoms with Gasteiger partial charge < -0.3 is 20.2 Å². The van der Waals surface area contributed by atoms with Gasteiger partial charge in [-0.1, -0.05) is 29.8 Å². The number of halogens is 1. The third kappa shape index (κ3) is 6.19. The number of carbonyl (C=O) groups is 2. The van der Waals surface area contributed by atoms with Gasteiger partial charge in [0.25, 0.3) is 0 Å². The van der Waals surface area contributed by atoms with Gasteiger partial charge in [0.05, 0.1) is 15.8 Å². The summed E-state index contributed by atoms with van der Waals surface area (Å²) in [5.41, 5.74) is 3.75. The maximum Gasteiger partial charge on any atom is 0.228 e. The molecule has 11 heteroatoms. The fourth-order valence-electron chi connectivity index (χ4n) is 4.94. The van der Waals surface area contributed by atoms with Gasteiger partial charge in [-0.3, -0.25) is 4.79 Å².